The molecular formula is C11H24ClN3O3S. The van der Waals surface area contributed by atoms with Gasteiger partial charge in [0.05, 0.1) is 6.26 Å². The van der Waals surface area contributed by atoms with Crippen LogP contribution in [0.3, 0.4) is 0 Å². The fourth-order valence-electron chi connectivity index (χ4n) is 2.32. The molecule has 0 radical (unpaired) electrons. The van der Waals surface area contributed by atoms with Crippen molar-refractivity contribution in [3.8, 4) is 0 Å². The van der Waals surface area contributed by atoms with Crippen LogP contribution in [0.2, 0.25) is 0 Å². The van der Waals surface area contributed by atoms with E-state index in [1.165, 1.54) is 0 Å². The van der Waals surface area contributed by atoms with E-state index in [0.29, 0.717) is 13.0 Å². The van der Waals surface area contributed by atoms with Gasteiger partial charge in [-0.2, -0.15) is 0 Å². The predicted octanol–water partition coefficient (Wildman–Crippen LogP) is -0.0204. The first-order valence-electron chi connectivity index (χ1n) is 6.27. The molecule has 1 saturated carbocycles. The Bertz CT molecular complexity index is 387. The molecule has 6 nitrogen and oxygen atoms in total. The van der Waals surface area contributed by atoms with Gasteiger partial charge in [-0.05, 0) is 25.7 Å². The molecule has 1 rings (SSSR count). The Labute approximate surface area is 121 Å². The zero-order valence-corrected chi connectivity index (χ0v) is 13.0. The lowest BCUT2D eigenvalue weighted by molar-refractivity contribution is -0.121. The van der Waals surface area contributed by atoms with Crippen LogP contribution in [0.1, 0.15) is 32.6 Å². The zero-order valence-electron chi connectivity index (χ0n) is 11.4. The van der Waals surface area contributed by atoms with Gasteiger partial charge in [-0.25, -0.2) is 13.1 Å². The molecule has 0 spiro atoms. The van der Waals surface area contributed by atoms with Crippen LogP contribution < -0.4 is 15.8 Å². The van der Waals surface area contributed by atoms with Gasteiger partial charge in [-0.15, -0.1) is 12.4 Å². The number of nitrogens with two attached hydrogens (primary N) is 1. The van der Waals surface area contributed by atoms with Gasteiger partial charge in [0.25, 0.3) is 0 Å². The minimum atomic E-state index is -3.18. The van der Waals surface area contributed by atoms with Crippen LogP contribution in [0, 0.1) is 5.92 Å². The Morgan fingerprint density at radius 2 is 2.05 bits per heavy atom. The Hall–Kier alpha value is -0.370. The van der Waals surface area contributed by atoms with E-state index in [1.807, 2.05) is 0 Å². The Balaban J connectivity index is 0.00000324. The van der Waals surface area contributed by atoms with E-state index in [4.69, 9.17) is 5.73 Å². The summed E-state index contributed by atoms with van der Waals surface area (Å²) in [5, 5.41) is 2.82. The third kappa shape index (κ3) is 7.71. The number of nitrogens with one attached hydrogen (secondary N) is 2. The lowest BCUT2D eigenvalue weighted by atomic mass is 10.0. The number of sulfonamides is 1. The highest BCUT2D eigenvalue weighted by Gasteiger charge is 2.29. The molecule has 1 amide bonds. The second-order valence-electron chi connectivity index (χ2n) is 5.17. The number of rotatable bonds is 6. The molecule has 0 aromatic heterocycles. The number of amides is 1. The van der Waals surface area contributed by atoms with Crippen LogP contribution in [0.25, 0.3) is 0 Å². The average Bonchev–Trinajstić information content (AvgIpc) is 2.58. The van der Waals surface area contributed by atoms with Crippen molar-refractivity contribution >= 4 is 28.3 Å². The summed E-state index contributed by atoms with van der Waals surface area (Å²) in [4.78, 5) is 11.5. The van der Waals surface area contributed by atoms with Gasteiger partial charge in [0.15, 0.2) is 0 Å². The van der Waals surface area contributed by atoms with E-state index in [9.17, 15) is 13.2 Å². The second kappa shape index (κ2) is 8.04. The third-order valence-electron chi connectivity index (χ3n) is 3.09. The van der Waals surface area contributed by atoms with Crippen molar-refractivity contribution in [2.75, 3.05) is 12.8 Å². The molecule has 8 heteroatoms. The number of hydrogen-bond acceptors (Lipinski definition) is 4. The number of hydrogen-bond donors (Lipinski definition) is 3. The maximum absolute atomic E-state index is 11.5. The van der Waals surface area contributed by atoms with Gasteiger partial charge >= 0.3 is 0 Å². The summed E-state index contributed by atoms with van der Waals surface area (Å²) in [7, 11) is -3.18. The molecule has 0 saturated heterocycles. The summed E-state index contributed by atoms with van der Waals surface area (Å²) in [5.74, 6) is 0.103. The standard InChI is InChI=1S/C11H23N3O3S.ClH/c1-8(12)6-11(15)13-7-9-4-3-5-10(9)14-18(2,16)17;/h8-10,14H,3-7,12H2,1-2H3,(H,13,15);1H. The van der Waals surface area contributed by atoms with Crippen molar-refractivity contribution < 1.29 is 13.2 Å². The molecule has 0 aromatic carbocycles. The second-order valence-corrected chi connectivity index (χ2v) is 6.95. The molecule has 3 atom stereocenters. The summed E-state index contributed by atoms with van der Waals surface area (Å²) >= 11 is 0. The first kappa shape index (κ1) is 18.6. The summed E-state index contributed by atoms with van der Waals surface area (Å²) in [6, 6.07) is -0.214. The van der Waals surface area contributed by atoms with Gasteiger partial charge in [-0.1, -0.05) is 6.42 Å². The molecule has 114 valence electrons. The van der Waals surface area contributed by atoms with E-state index < -0.39 is 10.0 Å². The SMILES string of the molecule is CC(N)CC(=O)NCC1CCCC1NS(C)(=O)=O.Cl. The van der Waals surface area contributed by atoms with E-state index in [1.54, 1.807) is 6.92 Å². The van der Waals surface area contributed by atoms with Crippen LogP contribution in [-0.2, 0) is 14.8 Å². The molecule has 0 heterocycles. The molecule has 0 aliphatic heterocycles. The van der Waals surface area contributed by atoms with Gasteiger partial charge in [0, 0.05) is 25.0 Å². The summed E-state index contributed by atoms with van der Waals surface area (Å²) in [6.45, 7) is 2.29. The van der Waals surface area contributed by atoms with Crippen LogP contribution in [-0.4, -0.2) is 39.2 Å². The van der Waals surface area contributed by atoms with E-state index >= 15 is 0 Å². The largest absolute Gasteiger partial charge is 0.356 e. The molecule has 4 N–H and O–H groups in total. The van der Waals surface area contributed by atoms with Gasteiger partial charge in [-0.3, -0.25) is 4.79 Å². The topological polar surface area (TPSA) is 101 Å². The normalized spacial score (nSPS) is 24.6. The summed E-state index contributed by atoms with van der Waals surface area (Å²) in [5.41, 5.74) is 5.54. The first-order chi connectivity index (χ1) is 8.28. The third-order valence-corrected chi connectivity index (χ3v) is 3.82. The highest BCUT2D eigenvalue weighted by atomic mass is 35.5. The molecular weight excluding hydrogens is 290 g/mol. The fourth-order valence-corrected chi connectivity index (χ4v) is 3.18. The fraction of sp³-hybridized carbons (Fsp3) is 0.909. The maximum Gasteiger partial charge on any atom is 0.221 e. The molecule has 0 aromatic rings. The van der Waals surface area contributed by atoms with Crippen molar-refractivity contribution in [1.29, 1.82) is 0 Å². The Morgan fingerprint density at radius 1 is 1.42 bits per heavy atom. The lowest BCUT2D eigenvalue weighted by Crippen LogP contribution is -2.42. The molecule has 1 aliphatic rings. The molecule has 3 unspecified atom stereocenters. The minimum absolute atomic E-state index is 0. The highest BCUT2D eigenvalue weighted by molar-refractivity contribution is 7.88. The average molecular weight is 314 g/mol. The zero-order chi connectivity index (χ0) is 13.8. The number of carbonyl (C=O) groups excluding carboxylic acids is 1. The van der Waals surface area contributed by atoms with Crippen molar-refractivity contribution in [3.05, 3.63) is 0 Å². The van der Waals surface area contributed by atoms with Gasteiger partial charge < -0.3 is 11.1 Å². The lowest BCUT2D eigenvalue weighted by Gasteiger charge is -2.20. The minimum Gasteiger partial charge on any atom is -0.356 e. The van der Waals surface area contributed by atoms with Crippen molar-refractivity contribution in [2.24, 2.45) is 11.7 Å². The maximum atomic E-state index is 11.5. The van der Waals surface area contributed by atoms with Gasteiger partial charge in [0.2, 0.25) is 15.9 Å². The highest BCUT2D eigenvalue weighted by Crippen LogP contribution is 2.25. The van der Waals surface area contributed by atoms with Crippen molar-refractivity contribution in [2.45, 2.75) is 44.7 Å². The van der Waals surface area contributed by atoms with Crippen LogP contribution >= 0.6 is 12.4 Å². The number of halogens is 1. The molecule has 19 heavy (non-hydrogen) atoms. The molecule has 1 aliphatic carbocycles. The Morgan fingerprint density at radius 3 is 2.58 bits per heavy atom. The van der Waals surface area contributed by atoms with Crippen molar-refractivity contribution in [1.82, 2.24) is 10.0 Å². The van der Waals surface area contributed by atoms with E-state index in [0.717, 1.165) is 25.5 Å². The predicted molar refractivity (Wildman–Crippen MR) is 77.6 cm³/mol. The van der Waals surface area contributed by atoms with Crippen molar-refractivity contribution in [3.63, 3.8) is 0 Å². The first-order valence-corrected chi connectivity index (χ1v) is 8.16. The summed E-state index contributed by atoms with van der Waals surface area (Å²) in [6.07, 6.45) is 4.22. The summed E-state index contributed by atoms with van der Waals surface area (Å²) < 4.78 is 25.0. The molecule has 1 fully saturated rings. The monoisotopic (exact) mass is 313 g/mol. The van der Waals surface area contributed by atoms with E-state index in [-0.39, 0.29) is 36.3 Å². The smallest absolute Gasteiger partial charge is 0.221 e. The van der Waals surface area contributed by atoms with E-state index in [2.05, 4.69) is 10.0 Å². The number of carbonyl (C=O) groups is 1. The van der Waals surface area contributed by atoms with Crippen LogP contribution in [0.4, 0.5) is 0 Å². The van der Waals surface area contributed by atoms with Crippen LogP contribution in [0.5, 0.6) is 0 Å². The van der Waals surface area contributed by atoms with Gasteiger partial charge in [0.1, 0.15) is 0 Å². The quantitative estimate of drug-likeness (QED) is 0.641. The molecule has 0 bridgehead atoms. The Kier molecular flexibility index (Phi) is 7.88. The van der Waals surface area contributed by atoms with Crippen LogP contribution in [0.15, 0.2) is 0 Å².